The smallest absolute Gasteiger partial charge is 0.0399 e. The van der Waals surface area contributed by atoms with Crippen LogP contribution in [-0.4, -0.2) is 37.1 Å². The topological polar surface area (TPSA) is 6.48 Å². The van der Waals surface area contributed by atoms with Gasteiger partial charge in [0.1, 0.15) is 0 Å². The minimum Gasteiger partial charge on any atom is -0.370 e. The average molecular weight is 258 g/mol. The zero-order valence-electron chi connectivity index (χ0n) is 12.1. The van der Waals surface area contributed by atoms with Gasteiger partial charge in [0.2, 0.25) is 0 Å². The molecule has 2 heterocycles. The Kier molecular flexibility index (Phi) is 4.07. The van der Waals surface area contributed by atoms with Gasteiger partial charge in [0.25, 0.3) is 0 Å². The second-order valence-corrected chi connectivity index (χ2v) is 6.01. The molecule has 1 aromatic carbocycles. The largest absolute Gasteiger partial charge is 0.370 e. The first-order chi connectivity index (χ1) is 9.38. The molecule has 2 nitrogen and oxygen atoms in total. The number of aryl methyl sites for hydroxylation is 1. The minimum absolute atomic E-state index is 0.783. The van der Waals surface area contributed by atoms with Gasteiger partial charge in [-0.3, -0.25) is 4.90 Å². The number of rotatable bonds is 4. The molecule has 0 aromatic heterocycles. The van der Waals surface area contributed by atoms with Crippen LogP contribution in [0.4, 0.5) is 5.69 Å². The first-order valence-corrected chi connectivity index (χ1v) is 7.95. The first-order valence-electron chi connectivity index (χ1n) is 7.95. The van der Waals surface area contributed by atoms with Crippen LogP contribution in [0, 0.1) is 0 Å². The molecule has 2 aliphatic rings. The maximum Gasteiger partial charge on any atom is 0.0399 e. The Morgan fingerprint density at radius 2 is 2.05 bits per heavy atom. The van der Waals surface area contributed by atoms with Gasteiger partial charge in [-0.15, -0.1) is 0 Å². The van der Waals surface area contributed by atoms with Gasteiger partial charge >= 0.3 is 0 Å². The molecule has 2 aliphatic heterocycles. The molecule has 0 radical (unpaired) electrons. The van der Waals surface area contributed by atoms with E-state index in [4.69, 9.17) is 0 Å². The number of para-hydroxylation sites is 1. The van der Waals surface area contributed by atoms with Crippen molar-refractivity contribution < 1.29 is 0 Å². The van der Waals surface area contributed by atoms with E-state index in [0.29, 0.717) is 0 Å². The van der Waals surface area contributed by atoms with Crippen LogP contribution in [0.3, 0.4) is 0 Å². The molecular weight excluding hydrogens is 232 g/mol. The van der Waals surface area contributed by atoms with Crippen LogP contribution in [0.5, 0.6) is 0 Å². The van der Waals surface area contributed by atoms with Crippen LogP contribution in [0.25, 0.3) is 0 Å². The Bertz CT molecular complexity index is 415. The fraction of sp³-hybridized carbons (Fsp3) is 0.647. The molecule has 0 N–H and O–H groups in total. The Morgan fingerprint density at radius 1 is 1.16 bits per heavy atom. The number of benzene rings is 1. The minimum atomic E-state index is 0.783. The Morgan fingerprint density at radius 3 is 2.95 bits per heavy atom. The lowest BCUT2D eigenvalue weighted by Crippen LogP contribution is -2.42. The van der Waals surface area contributed by atoms with E-state index in [1.807, 2.05) is 0 Å². The Labute approximate surface area is 117 Å². The molecule has 0 amide bonds. The normalized spacial score (nSPS) is 23.6. The van der Waals surface area contributed by atoms with Gasteiger partial charge in [-0.25, -0.2) is 0 Å². The second-order valence-electron chi connectivity index (χ2n) is 6.01. The number of likely N-dealkylation sites (tertiary alicyclic amines) is 1. The average Bonchev–Trinajstić information content (AvgIpc) is 2.87. The summed E-state index contributed by atoms with van der Waals surface area (Å²) in [6.45, 7) is 7.37. The van der Waals surface area contributed by atoms with E-state index in [2.05, 4.69) is 41.0 Å². The molecule has 1 atom stereocenters. The van der Waals surface area contributed by atoms with Crippen LogP contribution in [0.1, 0.15) is 38.2 Å². The highest BCUT2D eigenvalue weighted by Gasteiger charge is 2.27. The van der Waals surface area contributed by atoms with Crippen molar-refractivity contribution in [3.8, 4) is 0 Å². The summed E-state index contributed by atoms with van der Waals surface area (Å²) >= 11 is 0. The van der Waals surface area contributed by atoms with E-state index in [1.54, 1.807) is 5.56 Å². The standard InChI is InChI=1S/C17H26N2/c1-2-11-18-12-6-9-16(18)14-19-13-5-8-15-7-3-4-10-17(15)19/h3-4,7,10,16H,2,5-6,8-9,11-14H2,1H3/t16-/m0/s1. The van der Waals surface area contributed by atoms with Gasteiger partial charge in [-0.1, -0.05) is 25.1 Å². The summed E-state index contributed by atoms with van der Waals surface area (Å²) in [5.74, 6) is 0. The molecule has 1 aromatic rings. The zero-order valence-corrected chi connectivity index (χ0v) is 12.1. The Hall–Kier alpha value is -1.02. The van der Waals surface area contributed by atoms with Crippen molar-refractivity contribution in [1.82, 2.24) is 4.90 Å². The lowest BCUT2D eigenvalue weighted by molar-refractivity contribution is 0.255. The molecule has 0 saturated carbocycles. The van der Waals surface area contributed by atoms with Gasteiger partial charge in [0.15, 0.2) is 0 Å². The predicted octanol–water partition coefficient (Wildman–Crippen LogP) is 3.31. The van der Waals surface area contributed by atoms with Crippen LogP contribution in [-0.2, 0) is 6.42 Å². The summed E-state index contributed by atoms with van der Waals surface area (Å²) in [5.41, 5.74) is 3.05. The van der Waals surface area contributed by atoms with E-state index >= 15 is 0 Å². The zero-order chi connectivity index (χ0) is 13.1. The fourth-order valence-electron chi connectivity index (χ4n) is 3.74. The molecule has 0 aliphatic carbocycles. The number of anilines is 1. The van der Waals surface area contributed by atoms with Crippen molar-refractivity contribution in [2.75, 3.05) is 31.1 Å². The van der Waals surface area contributed by atoms with Crippen LogP contribution in [0.15, 0.2) is 24.3 Å². The summed E-state index contributed by atoms with van der Waals surface area (Å²) < 4.78 is 0. The van der Waals surface area contributed by atoms with E-state index in [1.165, 1.54) is 64.0 Å². The third kappa shape index (κ3) is 2.79. The van der Waals surface area contributed by atoms with E-state index in [-0.39, 0.29) is 0 Å². The second kappa shape index (κ2) is 5.96. The molecule has 2 heteroatoms. The highest BCUT2D eigenvalue weighted by Crippen LogP contribution is 2.28. The summed E-state index contributed by atoms with van der Waals surface area (Å²) in [6, 6.07) is 9.77. The SMILES string of the molecule is CCCN1CCC[C@H]1CN1CCCc2ccccc21. The molecule has 3 rings (SSSR count). The predicted molar refractivity (Wildman–Crippen MR) is 81.9 cm³/mol. The Balaban J connectivity index is 1.70. The van der Waals surface area contributed by atoms with E-state index < -0.39 is 0 Å². The maximum absolute atomic E-state index is 2.71. The van der Waals surface area contributed by atoms with Crippen molar-refractivity contribution in [1.29, 1.82) is 0 Å². The molecule has 104 valence electrons. The summed E-state index contributed by atoms with van der Waals surface area (Å²) in [7, 11) is 0. The molecule has 1 fully saturated rings. The molecule has 0 bridgehead atoms. The molecular formula is C17H26N2. The summed E-state index contributed by atoms with van der Waals surface area (Å²) in [6.07, 6.45) is 6.64. The fourth-order valence-corrected chi connectivity index (χ4v) is 3.74. The van der Waals surface area contributed by atoms with Crippen molar-refractivity contribution in [2.24, 2.45) is 0 Å². The highest BCUT2D eigenvalue weighted by molar-refractivity contribution is 5.55. The summed E-state index contributed by atoms with van der Waals surface area (Å²) in [4.78, 5) is 5.34. The van der Waals surface area contributed by atoms with Gasteiger partial charge in [0, 0.05) is 24.8 Å². The van der Waals surface area contributed by atoms with Crippen LogP contribution < -0.4 is 4.90 Å². The molecule has 0 unspecified atom stereocenters. The number of nitrogens with zero attached hydrogens (tertiary/aromatic N) is 2. The molecule has 19 heavy (non-hydrogen) atoms. The van der Waals surface area contributed by atoms with Crippen LogP contribution >= 0.6 is 0 Å². The van der Waals surface area contributed by atoms with Crippen molar-refractivity contribution >= 4 is 5.69 Å². The van der Waals surface area contributed by atoms with Crippen LogP contribution in [0.2, 0.25) is 0 Å². The van der Waals surface area contributed by atoms with Crippen molar-refractivity contribution in [3.05, 3.63) is 29.8 Å². The van der Waals surface area contributed by atoms with Gasteiger partial charge in [-0.05, 0) is 56.8 Å². The number of hydrogen-bond donors (Lipinski definition) is 0. The lowest BCUT2D eigenvalue weighted by Gasteiger charge is -2.36. The third-order valence-corrected chi connectivity index (χ3v) is 4.65. The van der Waals surface area contributed by atoms with Crippen molar-refractivity contribution in [3.63, 3.8) is 0 Å². The monoisotopic (exact) mass is 258 g/mol. The maximum atomic E-state index is 2.71. The quantitative estimate of drug-likeness (QED) is 0.817. The number of fused-ring (bicyclic) bond motifs is 1. The lowest BCUT2D eigenvalue weighted by atomic mass is 10.0. The number of hydrogen-bond acceptors (Lipinski definition) is 2. The summed E-state index contributed by atoms with van der Waals surface area (Å²) in [5, 5.41) is 0. The van der Waals surface area contributed by atoms with Gasteiger partial charge in [-0.2, -0.15) is 0 Å². The highest BCUT2D eigenvalue weighted by atomic mass is 15.2. The molecule has 0 spiro atoms. The molecule has 1 saturated heterocycles. The van der Waals surface area contributed by atoms with Gasteiger partial charge < -0.3 is 4.90 Å². The van der Waals surface area contributed by atoms with Gasteiger partial charge in [0.05, 0.1) is 0 Å². The van der Waals surface area contributed by atoms with Crippen molar-refractivity contribution in [2.45, 2.75) is 45.1 Å². The van der Waals surface area contributed by atoms with E-state index in [9.17, 15) is 0 Å². The first kappa shape index (κ1) is 13.0. The van der Waals surface area contributed by atoms with E-state index in [0.717, 1.165) is 6.04 Å². The third-order valence-electron chi connectivity index (χ3n) is 4.65.